The maximum atomic E-state index is 11.6. The predicted molar refractivity (Wildman–Crippen MR) is 89.0 cm³/mol. The molecule has 4 aromatic rings. The van der Waals surface area contributed by atoms with E-state index in [-0.39, 0.29) is 0 Å². The topological polar surface area (TPSA) is 86.7 Å². The summed E-state index contributed by atoms with van der Waals surface area (Å²) in [7, 11) is 1.79. The summed E-state index contributed by atoms with van der Waals surface area (Å²) in [6.07, 6.45) is 3.96. The average molecular weight is 303 g/mol. The lowest BCUT2D eigenvalue weighted by atomic mass is 10.0. The summed E-state index contributed by atoms with van der Waals surface area (Å²) < 4.78 is 1.73. The molecule has 0 atom stereocenters. The summed E-state index contributed by atoms with van der Waals surface area (Å²) in [4.78, 5) is 24.4. The van der Waals surface area contributed by atoms with Crippen molar-refractivity contribution in [3.8, 4) is 11.1 Å². The minimum Gasteiger partial charge on any atom is -0.383 e. The number of aldehydes is 1. The molecule has 3 heterocycles. The number of para-hydroxylation sites is 1. The molecule has 0 radical (unpaired) electrons. The second kappa shape index (κ2) is 4.88. The van der Waals surface area contributed by atoms with E-state index in [2.05, 4.69) is 15.0 Å². The lowest BCUT2D eigenvalue weighted by Gasteiger charge is -2.04. The van der Waals surface area contributed by atoms with Crippen LogP contribution >= 0.6 is 0 Å². The molecule has 6 nitrogen and oxygen atoms in total. The zero-order valence-electron chi connectivity index (χ0n) is 12.4. The minimum absolute atomic E-state index is 0.349. The van der Waals surface area contributed by atoms with Crippen LogP contribution < -0.4 is 5.73 Å². The first-order chi connectivity index (χ1) is 11.2. The number of rotatable bonds is 2. The number of anilines is 1. The summed E-state index contributed by atoms with van der Waals surface area (Å²) in [5, 5.41) is 1.67. The van der Waals surface area contributed by atoms with E-state index in [1.54, 1.807) is 17.8 Å². The number of nitrogens with two attached hydrogens (primary N) is 1. The molecule has 0 bridgehead atoms. The Morgan fingerprint density at radius 2 is 2.00 bits per heavy atom. The van der Waals surface area contributed by atoms with Crippen molar-refractivity contribution in [3.05, 3.63) is 48.5 Å². The third kappa shape index (κ3) is 1.88. The fourth-order valence-electron chi connectivity index (χ4n) is 2.93. The van der Waals surface area contributed by atoms with Crippen molar-refractivity contribution < 1.29 is 4.79 Å². The number of pyridine rings is 1. The van der Waals surface area contributed by atoms with Crippen molar-refractivity contribution in [3.63, 3.8) is 0 Å². The zero-order valence-corrected chi connectivity index (χ0v) is 12.4. The van der Waals surface area contributed by atoms with Crippen LogP contribution in [0.4, 0.5) is 5.82 Å². The number of aryl methyl sites for hydroxylation is 1. The quantitative estimate of drug-likeness (QED) is 0.575. The summed E-state index contributed by atoms with van der Waals surface area (Å²) in [5.74, 6) is 0.349. The molecule has 0 aliphatic rings. The number of nitrogens with zero attached hydrogens (tertiary/aromatic N) is 4. The molecule has 0 aliphatic heterocycles. The SMILES string of the molecule is Cn1c(C=O)c(-c2cnc3ccccc3c2)c2c(N)ncnc21. The molecular formula is C17H13N5O. The predicted octanol–water partition coefficient (Wildman–Crippen LogP) is 2.58. The van der Waals surface area contributed by atoms with Gasteiger partial charge in [-0.1, -0.05) is 18.2 Å². The highest BCUT2D eigenvalue weighted by Crippen LogP contribution is 2.35. The van der Waals surface area contributed by atoms with Crippen molar-refractivity contribution in [1.82, 2.24) is 19.5 Å². The van der Waals surface area contributed by atoms with E-state index >= 15 is 0 Å². The molecular weight excluding hydrogens is 290 g/mol. The molecule has 1 aromatic carbocycles. The van der Waals surface area contributed by atoms with Gasteiger partial charge in [-0.3, -0.25) is 9.78 Å². The number of nitrogen functional groups attached to an aromatic ring is 1. The van der Waals surface area contributed by atoms with Crippen LogP contribution in [-0.4, -0.2) is 25.8 Å². The van der Waals surface area contributed by atoms with Gasteiger partial charge in [-0.25, -0.2) is 9.97 Å². The fourth-order valence-corrected chi connectivity index (χ4v) is 2.93. The van der Waals surface area contributed by atoms with Crippen LogP contribution in [0.5, 0.6) is 0 Å². The van der Waals surface area contributed by atoms with E-state index in [1.807, 2.05) is 30.3 Å². The monoisotopic (exact) mass is 303 g/mol. The van der Waals surface area contributed by atoms with E-state index in [9.17, 15) is 4.79 Å². The molecule has 0 unspecified atom stereocenters. The fraction of sp³-hybridized carbons (Fsp3) is 0.0588. The van der Waals surface area contributed by atoms with E-state index in [1.165, 1.54) is 6.33 Å². The van der Waals surface area contributed by atoms with Crippen LogP contribution in [-0.2, 0) is 7.05 Å². The van der Waals surface area contributed by atoms with Crippen LogP contribution in [0.15, 0.2) is 42.9 Å². The van der Waals surface area contributed by atoms with Gasteiger partial charge in [0.15, 0.2) is 6.29 Å². The molecule has 23 heavy (non-hydrogen) atoms. The molecule has 0 saturated heterocycles. The number of benzene rings is 1. The lowest BCUT2D eigenvalue weighted by Crippen LogP contribution is -1.97. The Labute approximate surface area is 131 Å². The van der Waals surface area contributed by atoms with Crippen LogP contribution in [0.25, 0.3) is 33.1 Å². The normalized spacial score (nSPS) is 11.2. The largest absolute Gasteiger partial charge is 0.383 e. The number of carbonyl (C=O) groups is 1. The van der Waals surface area contributed by atoms with Crippen molar-refractivity contribution in [2.45, 2.75) is 0 Å². The molecule has 3 aromatic heterocycles. The smallest absolute Gasteiger partial charge is 0.167 e. The second-order valence-electron chi connectivity index (χ2n) is 5.31. The molecule has 2 N–H and O–H groups in total. The van der Waals surface area contributed by atoms with Gasteiger partial charge in [-0.05, 0) is 12.1 Å². The van der Waals surface area contributed by atoms with Gasteiger partial charge in [-0.15, -0.1) is 0 Å². The number of carbonyl (C=O) groups excluding carboxylic acids is 1. The first-order valence-electron chi connectivity index (χ1n) is 7.10. The summed E-state index contributed by atoms with van der Waals surface area (Å²) in [6, 6.07) is 9.82. The van der Waals surface area contributed by atoms with Gasteiger partial charge in [0, 0.05) is 29.8 Å². The van der Waals surface area contributed by atoms with Crippen molar-refractivity contribution >= 4 is 34.0 Å². The molecule has 6 heteroatoms. The van der Waals surface area contributed by atoms with Gasteiger partial charge in [0.2, 0.25) is 0 Å². The summed E-state index contributed by atoms with van der Waals surface area (Å²) >= 11 is 0. The Kier molecular flexibility index (Phi) is 2.84. The van der Waals surface area contributed by atoms with Gasteiger partial charge in [0.05, 0.1) is 16.6 Å². The molecule has 0 aliphatic carbocycles. The summed E-state index contributed by atoms with van der Waals surface area (Å²) in [6.45, 7) is 0. The van der Waals surface area contributed by atoms with E-state index in [0.717, 1.165) is 22.8 Å². The lowest BCUT2D eigenvalue weighted by molar-refractivity contribution is 0.111. The van der Waals surface area contributed by atoms with Crippen molar-refractivity contribution in [1.29, 1.82) is 0 Å². The second-order valence-corrected chi connectivity index (χ2v) is 5.31. The Hall–Kier alpha value is -3.28. The van der Waals surface area contributed by atoms with Crippen LogP contribution in [0, 0.1) is 0 Å². The standard InChI is InChI=1S/C17H13N5O/c1-22-13(8-23)14(15-16(18)20-9-21-17(15)22)11-6-10-4-2-3-5-12(10)19-7-11/h2-9H,1H3,(H2,18,20,21). The van der Waals surface area contributed by atoms with E-state index in [0.29, 0.717) is 28.1 Å². The summed E-state index contributed by atoms with van der Waals surface area (Å²) in [5.41, 5.74) is 9.61. The average Bonchev–Trinajstić information content (AvgIpc) is 2.88. The zero-order chi connectivity index (χ0) is 16.0. The van der Waals surface area contributed by atoms with Gasteiger partial charge in [0.25, 0.3) is 0 Å². The molecule has 0 fully saturated rings. The molecule has 0 saturated carbocycles. The van der Waals surface area contributed by atoms with Gasteiger partial charge in [0.1, 0.15) is 17.8 Å². The first kappa shape index (κ1) is 13.4. The minimum atomic E-state index is 0.349. The highest BCUT2D eigenvalue weighted by molar-refractivity contribution is 6.08. The highest BCUT2D eigenvalue weighted by Gasteiger charge is 2.20. The van der Waals surface area contributed by atoms with Crippen LogP contribution in [0.2, 0.25) is 0 Å². The molecule has 4 rings (SSSR count). The highest BCUT2D eigenvalue weighted by atomic mass is 16.1. The van der Waals surface area contributed by atoms with Gasteiger partial charge < -0.3 is 10.3 Å². The Morgan fingerprint density at radius 3 is 2.83 bits per heavy atom. The van der Waals surface area contributed by atoms with Gasteiger partial charge in [-0.2, -0.15) is 0 Å². The molecule has 0 spiro atoms. The van der Waals surface area contributed by atoms with Crippen LogP contribution in [0.1, 0.15) is 10.5 Å². The number of hydrogen-bond donors (Lipinski definition) is 1. The van der Waals surface area contributed by atoms with E-state index in [4.69, 9.17) is 5.73 Å². The number of aromatic nitrogens is 4. The number of hydrogen-bond acceptors (Lipinski definition) is 5. The van der Waals surface area contributed by atoms with Gasteiger partial charge >= 0.3 is 0 Å². The van der Waals surface area contributed by atoms with Crippen molar-refractivity contribution in [2.75, 3.05) is 5.73 Å². The Morgan fingerprint density at radius 1 is 1.17 bits per heavy atom. The van der Waals surface area contributed by atoms with Crippen molar-refractivity contribution in [2.24, 2.45) is 7.05 Å². The maximum Gasteiger partial charge on any atom is 0.167 e. The third-order valence-corrected chi connectivity index (χ3v) is 4.03. The Balaban J connectivity index is 2.12. The van der Waals surface area contributed by atoms with E-state index < -0.39 is 0 Å². The third-order valence-electron chi connectivity index (χ3n) is 4.03. The first-order valence-corrected chi connectivity index (χ1v) is 7.10. The molecule has 112 valence electrons. The Bertz CT molecular complexity index is 1070. The molecule has 0 amide bonds. The maximum absolute atomic E-state index is 11.6. The number of fused-ring (bicyclic) bond motifs is 2. The van der Waals surface area contributed by atoms with Crippen LogP contribution in [0.3, 0.4) is 0 Å².